The predicted octanol–water partition coefficient (Wildman–Crippen LogP) is 4.82. The number of phenols is 2. The van der Waals surface area contributed by atoms with E-state index in [2.05, 4.69) is 19.6 Å². The molecule has 2 rings (SSSR count). The molecule has 0 saturated carbocycles. The molecule has 3 heteroatoms. The maximum atomic E-state index is 10.6. The van der Waals surface area contributed by atoms with E-state index in [0.717, 1.165) is 36.8 Å². The van der Waals surface area contributed by atoms with Gasteiger partial charge < -0.3 is 15.3 Å². The normalized spacial score (nSPS) is 22.1. The van der Waals surface area contributed by atoms with Gasteiger partial charge in [-0.05, 0) is 76.5 Å². The van der Waals surface area contributed by atoms with Crippen LogP contribution in [0.2, 0.25) is 0 Å². The average molecular weight is 330 g/mol. The Hall–Kier alpha value is -1.74. The number of allylic oxidation sites excluding steroid dienone is 3. The smallest absolute Gasteiger partial charge is 0.123 e. The summed E-state index contributed by atoms with van der Waals surface area (Å²) in [7, 11) is 0. The quantitative estimate of drug-likeness (QED) is 0.656. The summed E-state index contributed by atoms with van der Waals surface area (Å²) in [5.74, 6) is 0.530. The Bertz CT molecular complexity index is 605. The number of aryl methyl sites for hydroxylation is 1. The summed E-state index contributed by atoms with van der Waals surface area (Å²) < 4.78 is 0. The average Bonchev–Trinajstić information content (AvgIpc) is 2.45. The van der Waals surface area contributed by atoms with Crippen molar-refractivity contribution in [3.63, 3.8) is 0 Å². The molecule has 0 aromatic heterocycles. The van der Waals surface area contributed by atoms with E-state index in [1.807, 2.05) is 6.92 Å². The molecule has 132 valence electrons. The Morgan fingerprint density at radius 1 is 1.29 bits per heavy atom. The van der Waals surface area contributed by atoms with Crippen LogP contribution in [-0.4, -0.2) is 21.4 Å². The van der Waals surface area contributed by atoms with Gasteiger partial charge in [-0.1, -0.05) is 23.8 Å². The van der Waals surface area contributed by atoms with E-state index in [1.165, 1.54) is 5.57 Å². The lowest BCUT2D eigenvalue weighted by Crippen LogP contribution is -2.17. The number of hydrogen-bond donors (Lipinski definition) is 3. The lowest BCUT2D eigenvalue weighted by Gasteiger charge is -2.31. The van der Waals surface area contributed by atoms with Crippen molar-refractivity contribution in [1.82, 2.24) is 0 Å². The standard InChI is InChI=1S/C21H30O3/c1-13(2)17-9-8-14(3)10-18(17)21-19(23)11-16(12-20(21)24)7-5-6-15(4)22/h10-12,15,17-18,22-24H,1,5-9H2,2-4H3/t15?,17-,18+/m0/s1. The largest absolute Gasteiger partial charge is 0.507 e. The fraction of sp³-hybridized carbons (Fsp3) is 0.524. The summed E-state index contributed by atoms with van der Waals surface area (Å²) in [6.07, 6.45) is 6.14. The zero-order valence-corrected chi connectivity index (χ0v) is 15.0. The SMILES string of the molecule is C=C(C)[C@@H]1CCC(C)=C[C@H]1c1c(O)cc(CCCC(C)O)cc1O. The number of aromatic hydroxyl groups is 2. The second-order valence-electron chi connectivity index (χ2n) is 7.32. The maximum absolute atomic E-state index is 10.6. The highest BCUT2D eigenvalue weighted by Gasteiger charge is 2.30. The lowest BCUT2D eigenvalue weighted by molar-refractivity contribution is 0.181. The number of aliphatic hydroxyl groups excluding tert-OH is 1. The number of hydrogen-bond acceptors (Lipinski definition) is 3. The van der Waals surface area contributed by atoms with Crippen LogP contribution < -0.4 is 0 Å². The Kier molecular flexibility index (Phi) is 6.11. The van der Waals surface area contributed by atoms with Gasteiger partial charge in [-0.2, -0.15) is 0 Å². The van der Waals surface area contributed by atoms with E-state index in [-0.39, 0.29) is 29.4 Å². The molecule has 1 aliphatic rings. The van der Waals surface area contributed by atoms with Crippen LogP contribution in [0.15, 0.2) is 35.9 Å². The first-order chi connectivity index (χ1) is 11.3. The molecule has 0 radical (unpaired) electrons. The zero-order valence-electron chi connectivity index (χ0n) is 15.0. The van der Waals surface area contributed by atoms with E-state index in [9.17, 15) is 15.3 Å². The second kappa shape index (κ2) is 7.89. The second-order valence-corrected chi connectivity index (χ2v) is 7.32. The lowest BCUT2D eigenvalue weighted by atomic mass is 9.73. The van der Waals surface area contributed by atoms with Gasteiger partial charge in [0.1, 0.15) is 11.5 Å². The Morgan fingerprint density at radius 2 is 1.92 bits per heavy atom. The van der Waals surface area contributed by atoms with Crippen molar-refractivity contribution < 1.29 is 15.3 Å². The fourth-order valence-corrected chi connectivity index (χ4v) is 3.67. The molecular formula is C21H30O3. The first-order valence-electron chi connectivity index (χ1n) is 8.85. The highest BCUT2D eigenvalue weighted by molar-refractivity contribution is 5.51. The highest BCUT2D eigenvalue weighted by atomic mass is 16.3. The van der Waals surface area contributed by atoms with E-state index in [0.29, 0.717) is 12.0 Å². The minimum atomic E-state index is -0.321. The molecule has 1 aromatic carbocycles. The molecule has 0 heterocycles. The summed E-state index contributed by atoms with van der Waals surface area (Å²) in [6, 6.07) is 3.51. The van der Waals surface area contributed by atoms with Crippen molar-refractivity contribution in [3.05, 3.63) is 47.1 Å². The highest BCUT2D eigenvalue weighted by Crippen LogP contribution is 2.46. The third-order valence-electron chi connectivity index (χ3n) is 5.00. The molecule has 0 aliphatic heterocycles. The van der Waals surface area contributed by atoms with Gasteiger partial charge in [0.2, 0.25) is 0 Å². The van der Waals surface area contributed by atoms with Gasteiger partial charge in [-0.3, -0.25) is 0 Å². The molecule has 0 fully saturated rings. The van der Waals surface area contributed by atoms with E-state index in [4.69, 9.17) is 0 Å². The van der Waals surface area contributed by atoms with Gasteiger partial charge in [0.25, 0.3) is 0 Å². The molecule has 3 N–H and O–H groups in total. The van der Waals surface area contributed by atoms with E-state index in [1.54, 1.807) is 19.1 Å². The van der Waals surface area contributed by atoms with Crippen LogP contribution in [0, 0.1) is 5.92 Å². The summed E-state index contributed by atoms with van der Waals surface area (Å²) in [5, 5.41) is 30.4. The Morgan fingerprint density at radius 3 is 2.46 bits per heavy atom. The van der Waals surface area contributed by atoms with E-state index < -0.39 is 0 Å². The molecule has 0 amide bonds. The van der Waals surface area contributed by atoms with Crippen molar-refractivity contribution in [3.8, 4) is 11.5 Å². The molecule has 0 spiro atoms. The minimum absolute atomic E-state index is 0.0252. The van der Waals surface area contributed by atoms with Gasteiger partial charge >= 0.3 is 0 Å². The van der Waals surface area contributed by atoms with Crippen LogP contribution in [0.4, 0.5) is 0 Å². The fourth-order valence-electron chi connectivity index (χ4n) is 3.67. The minimum Gasteiger partial charge on any atom is -0.507 e. The van der Waals surface area contributed by atoms with Gasteiger partial charge in [0, 0.05) is 11.5 Å². The molecule has 1 aliphatic carbocycles. The van der Waals surface area contributed by atoms with Crippen LogP contribution in [-0.2, 0) is 6.42 Å². The zero-order chi connectivity index (χ0) is 17.9. The molecule has 0 saturated heterocycles. The maximum Gasteiger partial charge on any atom is 0.123 e. The molecular weight excluding hydrogens is 300 g/mol. The molecule has 3 nitrogen and oxygen atoms in total. The van der Waals surface area contributed by atoms with Gasteiger partial charge in [0.15, 0.2) is 0 Å². The first-order valence-corrected chi connectivity index (χ1v) is 8.85. The van der Waals surface area contributed by atoms with Gasteiger partial charge in [-0.25, -0.2) is 0 Å². The van der Waals surface area contributed by atoms with Gasteiger partial charge in [-0.15, -0.1) is 0 Å². The summed E-state index contributed by atoms with van der Waals surface area (Å²) in [4.78, 5) is 0. The van der Waals surface area contributed by atoms with Crippen LogP contribution in [0.3, 0.4) is 0 Å². The summed E-state index contributed by atoms with van der Waals surface area (Å²) >= 11 is 0. The molecule has 1 unspecified atom stereocenters. The van der Waals surface area contributed by atoms with Crippen LogP contribution in [0.25, 0.3) is 0 Å². The van der Waals surface area contributed by atoms with Crippen LogP contribution >= 0.6 is 0 Å². The van der Waals surface area contributed by atoms with Crippen LogP contribution in [0.1, 0.15) is 63.5 Å². The van der Waals surface area contributed by atoms with Crippen molar-refractivity contribution in [2.24, 2.45) is 5.92 Å². The molecule has 1 aromatic rings. The third kappa shape index (κ3) is 4.41. The molecule has 24 heavy (non-hydrogen) atoms. The summed E-state index contributed by atoms with van der Waals surface area (Å²) in [6.45, 7) is 9.98. The van der Waals surface area contributed by atoms with Crippen molar-refractivity contribution in [2.75, 3.05) is 0 Å². The Labute approximate surface area is 145 Å². The van der Waals surface area contributed by atoms with E-state index >= 15 is 0 Å². The van der Waals surface area contributed by atoms with Crippen molar-refractivity contribution in [1.29, 1.82) is 0 Å². The molecule has 3 atom stereocenters. The topological polar surface area (TPSA) is 60.7 Å². The first kappa shape index (κ1) is 18.6. The Balaban J connectivity index is 2.29. The number of benzene rings is 1. The van der Waals surface area contributed by atoms with Gasteiger partial charge in [0.05, 0.1) is 6.10 Å². The van der Waals surface area contributed by atoms with Crippen molar-refractivity contribution in [2.45, 2.75) is 64.9 Å². The number of aliphatic hydroxyl groups is 1. The number of phenolic OH excluding ortho intramolecular Hbond substituents is 2. The monoisotopic (exact) mass is 330 g/mol. The molecule has 0 bridgehead atoms. The van der Waals surface area contributed by atoms with Crippen molar-refractivity contribution >= 4 is 0 Å². The third-order valence-corrected chi connectivity index (χ3v) is 5.00. The summed E-state index contributed by atoms with van der Waals surface area (Å²) in [5.41, 5.74) is 3.89. The predicted molar refractivity (Wildman–Crippen MR) is 98.4 cm³/mol. The van der Waals surface area contributed by atoms with Crippen LogP contribution in [0.5, 0.6) is 11.5 Å². The number of rotatable bonds is 6.